The fraction of sp³-hybridized carbons (Fsp3) is 0.500. The van der Waals surface area contributed by atoms with E-state index in [9.17, 15) is 14.0 Å². The first kappa shape index (κ1) is 16.2. The first-order chi connectivity index (χ1) is 11.0. The summed E-state index contributed by atoms with van der Waals surface area (Å²) in [5.74, 6) is -0.860. The number of carbonyl (C=O) groups is 2. The summed E-state index contributed by atoms with van der Waals surface area (Å²) in [7, 11) is 0. The summed E-state index contributed by atoms with van der Waals surface area (Å²) in [6.45, 7) is 4.11. The van der Waals surface area contributed by atoms with Crippen molar-refractivity contribution in [2.24, 2.45) is 0 Å². The number of hydrogen-bond acceptors (Lipinski definition) is 4. The van der Waals surface area contributed by atoms with E-state index in [1.165, 1.54) is 12.1 Å². The van der Waals surface area contributed by atoms with Gasteiger partial charge in [0.1, 0.15) is 18.0 Å². The third-order valence-corrected chi connectivity index (χ3v) is 4.66. The number of carbonyl (C=O) groups excluding carboxylic acids is 2. The lowest BCUT2D eigenvalue weighted by molar-refractivity contribution is -0.145. The van der Waals surface area contributed by atoms with Crippen LogP contribution in [0.3, 0.4) is 0 Å². The van der Waals surface area contributed by atoms with E-state index >= 15 is 0 Å². The largest absolute Gasteiger partial charge is 0.461 e. The molecule has 3 rings (SSSR count). The molecule has 124 valence electrons. The number of nitrogens with zero attached hydrogens (tertiary/aromatic N) is 2. The van der Waals surface area contributed by atoms with E-state index in [0.717, 1.165) is 6.07 Å². The van der Waals surface area contributed by atoms with Crippen LogP contribution in [0.25, 0.3) is 0 Å². The summed E-state index contributed by atoms with van der Waals surface area (Å²) < 4.78 is 18.3. The lowest BCUT2D eigenvalue weighted by atomic mass is 10.1. The molecular formula is C16H18ClFN2O3. The van der Waals surface area contributed by atoms with Gasteiger partial charge in [0, 0.05) is 32.6 Å². The molecule has 2 saturated heterocycles. The molecule has 7 heteroatoms. The molecule has 0 N–H and O–H groups in total. The Bertz CT molecular complexity index is 632. The Balaban J connectivity index is 1.62. The zero-order valence-corrected chi connectivity index (χ0v) is 13.6. The van der Waals surface area contributed by atoms with Crippen molar-refractivity contribution in [3.8, 4) is 0 Å². The second-order valence-electron chi connectivity index (χ2n) is 5.95. The van der Waals surface area contributed by atoms with Crippen molar-refractivity contribution in [1.82, 2.24) is 9.80 Å². The van der Waals surface area contributed by atoms with Crippen LogP contribution in [0, 0.1) is 5.82 Å². The quantitative estimate of drug-likeness (QED) is 0.772. The minimum Gasteiger partial charge on any atom is -0.461 e. The number of rotatable bonds is 2. The minimum atomic E-state index is -0.467. The predicted molar refractivity (Wildman–Crippen MR) is 82.8 cm³/mol. The van der Waals surface area contributed by atoms with Crippen molar-refractivity contribution in [3.05, 3.63) is 34.6 Å². The van der Waals surface area contributed by atoms with Crippen LogP contribution in [0.4, 0.5) is 4.39 Å². The van der Waals surface area contributed by atoms with Gasteiger partial charge in [0.25, 0.3) is 5.91 Å². The number of amides is 1. The second-order valence-corrected chi connectivity index (χ2v) is 6.36. The van der Waals surface area contributed by atoms with Gasteiger partial charge >= 0.3 is 5.97 Å². The summed E-state index contributed by atoms with van der Waals surface area (Å²) >= 11 is 5.95. The molecule has 0 spiro atoms. The van der Waals surface area contributed by atoms with Crippen molar-refractivity contribution in [3.63, 3.8) is 0 Å². The average Bonchev–Trinajstić information content (AvgIpc) is 2.85. The van der Waals surface area contributed by atoms with E-state index in [1.54, 1.807) is 4.90 Å². The van der Waals surface area contributed by atoms with E-state index in [1.807, 2.05) is 6.92 Å². The minimum absolute atomic E-state index is 0.0508. The molecule has 1 aromatic carbocycles. The molecule has 23 heavy (non-hydrogen) atoms. The number of benzene rings is 1. The second kappa shape index (κ2) is 6.45. The van der Waals surface area contributed by atoms with Gasteiger partial charge in [-0.1, -0.05) is 11.6 Å². The number of cyclic esters (lactones) is 1. The molecule has 0 saturated carbocycles. The Morgan fingerprint density at radius 1 is 1.30 bits per heavy atom. The van der Waals surface area contributed by atoms with Gasteiger partial charge in [0.2, 0.25) is 0 Å². The Hall–Kier alpha value is -1.66. The first-order valence-electron chi connectivity index (χ1n) is 7.64. The fourth-order valence-corrected chi connectivity index (χ4v) is 3.35. The van der Waals surface area contributed by atoms with Crippen LogP contribution >= 0.6 is 11.6 Å². The standard InChI is InChI=1S/C16H18ClFN2O3/c1-10-8-14(16(22)23-10)19-4-6-20(7-5-19)15(21)12-3-2-11(18)9-13(12)17/h2-3,9-10,14H,4-8H2,1H3/t10-,14+/m1/s1. The Labute approximate surface area is 138 Å². The predicted octanol–water partition coefficient (Wildman–Crippen LogP) is 1.94. The molecule has 5 nitrogen and oxygen atoms in total. The SMILES string of the molecule is C[C@@H]1C[C@H](N2CCN(C(=O)c3ccc(F)cc3Cl)CC2)C(=O)O1. The summed E-state index contributed by atoms with van der Waals surface area (Å²) in [5.41, 5.74) is 0.301. The van der Waals surface area contributed by atoms with Crippen LogP contribution in [-0.2, 0) is 9.53 Å². The topological polar surface area (TPSA) is 49.9 Å². The van der Waals surface area contributed by atoms with Gasteiger partial charge in [-0.05, 0) is 25.1 Å². The van der Waals surface area contributed by atoms with E-state index in [2.05, 4.69) is 4.90 Å². The molecule has 0 bridgehead atoms. The highest BCUT2D eigenvalue weighted by Crippen LogP contribution is 2.23. The van der Waals surface area contributed by atoms with Crippen LogP contribution in [0.5, 0.6) is 0 Å². The van der Waals surface area contributed by atoms with Crippen LogP contribution in [0.1, 0.15) is 23.7 Å². The van der Waals surface area contributed by atoms with Crippen molar-refractivity contribution in [1.29, 1.82) is 0 Å². The van der Waals surface area contributed by atoms with Crippen molar-refractivity contribution < 1.29 is 18.7 Å². The maximum atomic E-state index is 13.1. The highest BCUT2D eigenvalue weighted by Gasteiger charge is 2.38. The normalized spacial score (nSPS) is 25.5. The van der Waals surface area contributed by atoms with Gasteiger partial charge in [0.15, 0.2) is 0 Å². The van der Waals surface area contributed by atoms with Gasteiger partial charge in [-0.25, -0.2) is 4.39 Å². The zero-order chi connectivity index (χ0) is 16.6. The molecular weight excluding hydrogens is 323 g/mol. The maximum Gasteiger partial charge on any atom is 0.323 e. The average molecular weight is 341 g/mol. The van der Waals surface area contributed by atoms with E-state index in [-0.39, 0.29) is 29.0 Å². The zero-order valence-electron chi connectivity index (χ0n) is 12.8. The Kier molecular flexibility index (Phi) is 4.55. The van der Waals surface area contributed by atoms with E-state index in [4.69, 9.17) is 16.3 Å². The van der Waals surface area contributed by atoms with Gasteiger partial charge in [-0.15, -0.1) is 0 Å². The van der Waals surface area contributed by atoms with Crippen LogP contribution in [0.2, 0.25) is 5.02 Å². The van der Waals surface area contributed by atoms with Crippen molar-refractivity contribution in [2.75, 3.05) is 26.2 Å². The van der Waals surface area contributed by atoms with Crippen molar-refractivity contribution >= 4 is 23.5 Å². The van der Waals surface area contributed by atoms with Gasteiger partial charge in [-0.2, -0.15) is 0 Å². The lowest BCUT2D eigenvalue weighted by Gasteiger charge is -2.36. The molecule has 0 aromatic heterocycles. The number of esters is 1. The molecule has 2 aliphatic heterocycles. The highest BCUT2D eigenvalue weighted by atomic mass is 35.5. The molecule has 0 aliphatic carbocycles. The molecule has 1 aromatic rings. The van der Waals surface area contributed by atoms with Crippen molar-refractivity contribution in [2.45, 2.75) is 25.5 Å². The number of piperazine rings is 1. The summed E-state index contributed by atoms with van der Waals surface area (Å²) in [5, 5.41) is 0.116. The third-order valence-electron chi connectivity index (χ3n) is 4.35. The summed E-state index contributed by atoms with van der Waals surface area (Å²) in [6.07, 6.45) is 0.640. The maximum absolute atomic E-state index is 13.1. The molecule has 2 heterocycles. The molecule has 2 atom stereocenters. The number of hydrogen-bond donors (Lipinski definition) is 0. The Morgan fingerprint density at radius 2 is 2.00 bits per heavy atom. The Morgan fingerprint density at radius 3 is 2.57 bits per heavy atom. The smallest absolute Gasteiger partial charge is 0.323 e. The monoisotopic (exact) mass is 340 g/mol. The van der Waals surface area contributed by atoms with Crippen LogP contribution in [-0.4, -0.2) is 60.0 Å². The summed E-state index contributed by atoms with van der Waals surface area (Å²) in [6, 6.07) is 3.56. The van der Waals surface area contributed by atoms with E-state index in [0.29, 0.717) is 38.2 Å². The third kappa shape index (κ3) is 3.33. The van der Waals surface area contributed by atoms with Gasteiger partial charge in [-0.3, -0.25) is 14.5 Å². The van der Waals surface area contributed by atoms with Crippen LogP contribution < -0.4 is 0 Å². The highest BCUT2D eigenvalue weighted by molar-refractivity contribution is 6.33. The first-order valence-corrected chi connectivity index (χ1v) is 8.02. The molecule has 2 aliphatic rings. The van der Waals surface area contributed by atoms with Gasteiger partial charge < -0.3 is 9.64 Å². The molecule has 1 amide bonds. The lowest BCUT2D eigenvalue weighted by Crippen LogP contribution is -2.53. The molecule has 0 unspecified atom stereocenters. The fourth-order valence-electron chi connectivity index (χ4n) is 3.10. The summed E-state index contributed by atoms with van der Waals surface area (Å²) in [4.78, 5) is 28.0. The number of ether oxygens (including phenoxy) is 1. The van der Waals surface area contributed by atoms with E-state index < -0.39 is 5.82 Å². The van der Waals surface area contributed by atoms with Gasteiger partial charge in [0.05, 0.1) is 10.6 Å². The van der Waals surface area contributed by atoms with Crippen LogP contribution in [0.15, 0.2) is 18.2 Å². The molecule has 2 fully saturated rings. The molecule has 0 radical (unpaired) electrons. The number of halogens is 2.